The van der Waals surface area contributed by atoms with Crippen LogP contribution in [0.1, 0.15) is 43.9 Å². The molecule has 1 heterocycles. The molecule has 2 unspecified atom stereocenters. The Morgan fingerprint density at radius 3 is 2.54 bits per heavy atom. The molecule has 2 aliphatic carbocycles. The van der Waals surface area contributed by atoms with Crippen molar-refractivity contribution in [1.82, 2.24) is 10.2 Å². The highest BCUT2D eigenvalue weighted by Gasteiger charge is 2.67. The summed E-state index contributed by atoms with van der Waals surface area (Å²) in [6.07, 6.45) is 1.23. The third-order valence-corrected chi connectivity index (χ3v) is 5.97. The van der Waals surface area contributed by atoms with Crippen LogP contribution in [0.15, 0.2) is 24.3 Å². The summed E-state index contributed by atoms with van der Waals surface area (Å²) in [4.78, 5) is 12.0. The Morgan fingerprint density at radius 1 is 1.25 bits per heavy atom. The van der Waals surface area contributed by atoms with Gasteiger partial charge in [0.05, 0.1) is 17.0 Å². The summed E-state index contributed by atoms with van der Waals surface area (Å²) in [5, 5.41) is 17.9. The maximum atomic E-state index is 14.0. The fourth-order valence-corrected chi connectivity index (χ4v) is 4.66. The van der Waals surface area contributed by atoms with E-state index in [1.54, 1.807) is 6.07 Å². The van der Waals surface area contributed by atoms with Gasteiger partial charge in [0.15, 0.2) is 0 Å². The average molecular weight is 330 g/mol. The molecule has 0 amide bonds. The van der Waals surface area contributed by atoms with Gasteiger partial charge in [-0.3, -0.25) is 4.79 Å². The average Bonchev–Trinajstić information content (AvgIpc) is 2.89. The van der Waals surface area contributed by atoms with Gasteiger partial charge >= 0.3 is 5.97 Å². The van der Waals surface area contributed by atoms with Gasteiger partial charge in [-0.05, 0) is 47.9 Å². The molecule has 1 saturated carbocycles. The molecule has 0 radical (unpaired) electrons. The Kier molecular flexibility index (Phi) is 2.90. The highest BCUT2D eigenvalue weighted by atomic mass is 19.1. The van der Waals surface area contributed by atoms with E-state index >= 15 is 0 Å². The van der Waals surface area contributed by atoms with E-state index in [1.807, 2.05) is 13.8 Å². The number of benzene rings is 1. The topological polar surface area (TPSA) is 63.1 Å². The van der Waals surface area contributed by atoms with Crippen molar-refractivity contribution < 1.29 is 18.7 Å². The molecule has 4 nitrogen and oxygen atoms in total. The number of carboxylic acid groups (broad SMARTS) is 1. The van der Waals surface area contributed by atoms with Crippen molar-refractivity contribution in [1.29, 1.82) is 0 Å². The number of nitrogens with zero attached hydrogens (tertiary/aromatic N) is 2. The largest absolute Gasteiger partial charge is 0.481 e. The minimum Gasteiger partial charge on any atom is -0.481 e. The van der Waals surface area contributed by atoms with E-state index < -0.39 is 28.4 Å². The smallest absolute Gasteiger partial charge is 0.316 e. The van der Waals surface area contributed by atoms with Crippen molar-refractivity contribution in [3.63, 3.8) is 0 Å². The van der Waals surface area contributed by atoms with E-state index in [-0.39, 0.29) is 17.2 Å². The van der Waals surface area contributed by atoms with Crippen LogP contribution in [0.4, 0.5) is 8.78 Å². The van der Waals surface area contributed by atoms with E-state index in [2.05, 4.69) is 10.2 Å². The van der Waals surface area contributed by atoms with Crippen LogP contribution in [0.25, 0.3) is 11.3 Å². The molecule has 6 heteroatoms. The van der Waals surface area contributed by atoms with Crippen LogP contribution in [-0.4, -0.2) is 21.3 Å². The second-order valence-electron chi connectivity index (χ2n) is 7.15. The van der Waals surface area contributed by atoms with Gasteiger partial charge in [-0.2, -0.15) is 5.10 Å². The molecule has 0 saturated heterocycles. The number of hydrogen-bond donors (Lipinski definition) is 1. The predicted octanol–water partition coefficient (Wildman–Crippen LogP) is 3.66. The van der Waals surface area contributed by atoms with E-state index in [1.165, 1.54) is 18.2 Å². The zero-order valence-corrected chi connectivity index (χ0v) is 13.3. The fourth-order valence-electron chi connectivity index (χ4n) is 4.66. The standard InChI is InChI=1S/C18H16F2N2O2/c1-17(2)10-6-7-18(17,16(23)24)15-9(10)8-13(21-22-15)14-11(19)4-3-5-12(14)20/h3-5,8,10H,6-7H2,1-2H3,(H,23,24). The van der Waals surface area contributed by atoms with Gasteiger partial charge in [0.25, 0.3) is 0 Å². The summed E-state index contributed by atoms with van der Waals surface area (Å²) in [6.45, 7) is 3.84. The van der Waals surface area contributed by atoms with Crippen LogP contribution >= 0.6 is 0 Å². The second kappa shape index (κ2) is 4.59. The van der Waals surface area contributed by atoms with Crippen molar-refractivity contribution in [2.45, 2.75) is 38.0 Å². The van der Waals surface area contributed by atoms with Gasteiger partial charge in [-0.25, -0.2) is 8.78 Å². The predicted molar refractivity (Wildman–Crippen MR) is 82.5 cm³/mol. The van der Waals surface area contributed by atoms with Gasteiger partial charge in [-0.1, -0.05) is 19.9 Å². The summed E-state index contributed by atoms with van der Waals surface area (Å²) in [5.74, 6) is -2.33. The van der Waals surface area contributed by atoms with Crippen LogP contribution in [0.5, 0.6) is 0 Å². The fraction of sp³-hybridized carbons (Fsp3) is 0.389. The van der Waals surface area contributed by atoms with E-state index in [0.717, 1.165) is 12.0 Å². The molecule has 4 rings (SSSR count). The first-order chi connectivity index (χ1) is 11.3. The van der Waals surface area contributed by atoms with Crippen molar-refractivity contribution in [3.05, 3.63) is 47.2 Å². The Balaban J connectivity index is 1.94. The van der Waals surface area contributed by atoms with Gasteiger partial charge in [0.2, 0.25) is 0 Å². The quantitative estimate of drug-likeness (QED) is 0.913. The Bertz CT molecular complexity index is 861. The second-order valence-corrected chi connectivity index (χ2v) is 7.15. The number of hydrogen-bond acceptors (Lipinski definition) is 3. The van der Waals surface area contributed by atoms with Crippen molar-refractivity contribution >= 4 is 5.97 Å². The summed E-state index contributed by atoms with van der Waals surface area (Å²) >= 11 is 0. The van der Waals surface area contributed by atoms with Gasteiger partial charge in [-0.15, -0.1) is 5.10 Å². The molecule has 1 aromatic carbocycles. The first-order valence-electron chi connectivity index (χ1n) is 7.86. The Hall–Kier alpha value is -2.37. The lowest BCUT2D eigenvalue weighted by atomic mass is 9.68. The van der Waals surface area contributed by atoms with Crippen molar-refractivity contribution in [2.75, 3.05) is 0 Å². The van der Waals surface area contributed by atoms with E-state index in [9.17, 15) is 18.7 Å². The third-order valence-electron chi connectivity index (χ3n) is 5.97. The van der Waals surface area contributed by atoms with Crippen LogP contribution < -0.4 is 0 Å². The number of aliphatic carboxylic acids is 1. The summed E-state index contributed by atoms with van der Waals surface area (Å²) in [5.41, 5.74) is -0.516. The number of carbonyl (C=O) groups is 1. The number of halogens is 2. The number of rotatable bonds is 2. The van der Waals surface area contributed by atoms with Crippen molar-refractivity contribution in [3.8, 4) is 11.3 Å². The molecule has 2 aromatic rings. The van der Waals surface area contributed by atoms with Crippen LogP contribution in [0, 0.1) is 17.0 Å². The van der Waals surface area contributed by atoms with Gasteiger partial charge in [0.1, 0.15) is 17.0 Å². The molecule has 2 bridgehead atoms. The Morgan fingerprint density at radius 2 is 1.92 bits per heavy atom. The zero-order valence-electron chi connectivity index (χ0n) is 13.3. The monoisotopic (exact) mass is 330 g/mol. The molecule has 2 atom stereocenters. The molecule has 1 fully saturated rings. The van der Waals surface area contributed by atoms with Crippen molar-refractivity contribution in [2.24, 2.45) is 5.41 Å². The lowest BCUT2D eigenvalue weighted by Gasteiger charge is -2.33. The normalized spacial score (nSPS) is 26.4. The maximum absolute atomic E-state index is 14.0. The minimum absolute atomic E-state index is 0.00677. The molecule has 1 aromatic heterocycles. The number of aromatic nitrogens is 2. The SMILES string of the molecule is CC1(C)C2CCC1(C(=O)O)c1nnc(-c3c(F)cccc3F)cc12. The van der Waals surface area contributed by atoms with E-state index in [0.29, 0.717) is 12.1 Å². The summed E-state index contributed by atoms with van der Waals surface area (Å²) < 4.78 is 28.1. The highest BCUT2D eigenvalue weighted by Crippen LogP contribution is 2.67. The zero-order chi connectivity index (χ0) is 17.3. The first-order valence-corrected chi connectivity index (χ1v) is 7.86. The third kappa shape index (κ3) is 1.58. The number of carboxylic acids is 1. The van der Waals surface area contributed by atoms with Gasteiger partial charge < -0.3 is 5.11 Å². The first kappa shape index (κ1) is 15.2. The molecule has 0 spiro atoms. The number of fused-ring (bicyclic) bond motifs is 5. The van der Waals surface area contributed by atoms with Crippen LogP contribution in [0.2, 0.25) is 0 Å². The van der Waals surface area contributed by atoms with Crippen LogP contribution in [0.3, 0.4) is 0 Å². The lowest BCUT2D eigenvalue weighted by molar-refractivity contribution is -0.147. The highest BCUT2D eigenvalue weighted by molar-refractivity contribution is 5.86. The molecule has 0 aliphatic heterocycles. The summed E-state index contributed by atoms with van der Waals surface area (Å²) in [6, 6.07) is 5.24. The van der Waals surface area contributed by atoms with E-state index in [4.69, 9.17) is 0 Å². The molecule has 24 heavy (non-hydrogen) atoms. The minimum atomic E-state index is -1.08. The van der Waals surface area contributed by atoms with Gasteiger partial charge in [0, 0.05) is 0 Å². The molecular weight excluding hydrogens is 314 g/mol. The summed E-state index contributed by atoms with van der Waals surface area (Å²) in [7, 11) is 0. The Labute approximate surface area is 137 Å². The maximum Gasteiger partial charge on any atom is 0.316 e. The molecule has 2 aliphatic rings. The lowest BCUT2D eigenvalue weighted by Crippen LogP contribution is -2.43. The van der Waals surface area contributed by atoms with Crippen LogP contribution in [-0.2, 0) is 10.2 Å². The molecular formula is C18H16F2N2O2. The molecule has 124 valence electrons. The molecule has 1 N–H and O–H groups in total.